The van der Waals surface area contributed by atoms with Gasteiger partial charge in [-0.15, -0.1) is 0 Å². The van der Waals surface area contributed by atoms with Gasteiger partial charge in [0.05, 0.1) is 0 Å². The second kappa shape index (κ2) is 10.7. The zero-order valence-electron chi connectivity index (χ0n) is 8.31. The Labute approximate surface area is 76.0 Å². The Balaban J connectivity index is 2.81. The van der Waals surface area contributed by atoms with Gasteiger partial charge in [0.15, 0.2) is 0 Å². The van der Waals surface area contributed by atoms with E-state index in [9.17, 15) is 0 Å². The molecule has 0 spiro atoms. The van der Waals surface area contributed by atoms with E-state index in [0.717, 1.165) is 32.5 Å². The molecule has 0 heterocycles. The van der Waals surface area contributed by atoms with E-state index in [1.54, 1.807) is 7.11 Å². The lowest BCUT2D eigenvalue weighted by atomic mass is 10.3. The first kappa shape index (κ1) is 11.7. The van der Waals surface area contributed by atoms with E-state index in [1.807, 2.05) is 0 Å². The molecule has 72 valence electrons. The van der Waals surface area contributed by atoms with Gasteiger partial charge < -0.3 is 10.1 Å². The lowest BCUT2D eigenvalue weighted by Crippen LogP contribution is -2.16. The molecule has 12 heavy (non-hydrogen) atoms. The summed E-state index contributed by atoms with van der Waals surface area (Å²) in [4.78, 5) is 0. The van der Waals surface area contributed by atoms with Crippen molar-refractivity contribution in [2.45, 2.75) is 26.2 Å². The monoisotopic (exact) mass is 171 g/mol. The third-order valence-electron chi connectivity index (χ3n) is 1.68. The zero-order valence-corrected chi connectivity index (χ0v) is 8.31. The third-order valence-corrected chi connectivity index (χ3v) is 1.68. The molecule has 0 atom stereocenters. The highest BCUT2D eigenvalue weighted by Crippen LogP contribution is 1.87. The van der Waals surface area contributed by atoms with Crippen molar-refractivity contribution in [1.29, 1.82) is 0 Å². The number of hydrogen-bond donors (Lipinski definition) is 1. The molecule has 0 fully saturated rings. The maximum absolute atomic E-state index is 4.95. The van der Waals surface area contributed by atoms with Crippen LogP contribution in [0.5, 0.6) is 0 Å². The van der Waals surface area contributed by atoms with E-state index in [1.165, 1.54) is 6.42 Å². The van der Waals surface area contributed by atoms with E-state index in [4.69, 9.17) is 4.74 Å². The number of ether oxygens (including phenoxy) is 1. The molecule has 0 rings (SSSR count). The first-order chi connectivity index (χ1) is 5.91. The highest BCUT2D eigenvalue weighted by atomic mass is 16.5. The van der Waals surface area contributed by atoms with E-state index >= 15 is 0 Å². The Kier molecular flexibility index (Phi) is 10.4. The fraction of sp³-hybridized carbons (Fsp3) is 0.800. The van der Waals surface area contributed by atoms with Crippen LogP contribution in [0.25, 0.3) is 0 Å². The maximum Gasteiger partial charge on any atom is 0.0462 e. The summed E-state index contributed by atoms with van der Waals surface area (Å²) in [5.41, 5.74) is 0. The Morgan fingerprint density at radius 3 is 2.75 bits per heavy atom. The Morgan fingerprint density at radius 2 is 2.08 bits per heavy atom. The number of unbranched alkanes of at least 4 members (excludes halogenated alkanes) is 1. The lowest BCUT2D eigenvalue weighted by molar-refractivity contribution is 0.192. The molecule has 0 unspecified atom stereocenters. The van der Waals surface area contributed by atoms with Crippen molar-refractivity contribution >= 4 is 0 Å². The van der Waals surface area contributed by atoms with Crippen LogP contribution in [-0.2, 0) is 4.74 Å². The zero-order chi connectivity index (χ0) is 9.07. The predicted molar refractivity (Wildman–Crippen MR) is 53.4 cm³/mol. The van der Waals surface area contributed by atoms with Crippen LogP contribution in [-0.4, -0.2) is 26.8 Å². The highest BCUT2D eigenvalue weighted by molar-refractivity contribution is 4.77. The van der Waals surface area contributed by atoms with Gasteiger partial charge in [-0.25, -0.2) is 0 Å². The Bertz CT molecular complexity index is 102. The normalized spacial score (nSPS) is 11.2. The second-order valence-corrected chi connectivity index (χ2v) is 2.81. The van der Waals surface area contributed by atoms with Crippen LogP contribution in [0.3, 0.4) is 0 Å². The summed E-state index contributed by atoms with van der Waals surface area (Å²) < 4.78 is 4.95. The van der Waals surface area contributed by atoms with Crippen LogP contribution >= 0.6 is 0 Å². The molecule has 0 bridgehead atoms. The maximum atomic E-state index is 4.95. The lowest BCUT2D eigenvalue weighted by Gasteiger charge is -2.01. The predicted octanol–water partition coefficient (Wildman–Crippen LogP) is 1.97. The Hall–Kier alpha value is -0.340. The SMILES string of the molecule is C/C=C/CCNCCCCOC. The number of allylic oxidation sites excluding steroid dienone is 1. The molecule has 0 radical (unpaired) electrons. The average molecular weight is 171 g/mol. The molecule has 0 aromatic rings. The van der Waals surface area contributed by atoms with Gasteiger partial charge in [-0.3, -0.25) is 0 Å². The minimum absolute atomic E-state index is 0.885. The van der Waals surface area contributed by atoms with Crippen LogP contribution in [0.15, 0.2) is 12.2 Å². The van der Waals surface area contributed by atoms with Gasteiger partial charge in [0.1, 0.15) is 0 Å². The summed E-state index contributed by atoms with van der Waals surface area (Å²) in [6, 6.07) is 0. The van der Waals surface area contributed by atoms with Crippen molar-refractivity contribution in [1.82, 2.24) is 5.32 Å². The summed E-state index contributed by atoms with van der Waals surface area (Å²) >= 11 is 0. The summed E-state index contributed by atoms with van der Waals surface area (Å²) in [5.74, 6) is 0. The van der Waals surface area contributed by atoms with E-state index < -0.39 is 0 Å². The quantitative estimate of drug-likeness (QED) is 0.445. The van der Waals surface area contributed by atoms with Crippen LogP contribution in [0, 0.1) is 0 Å². The summed E-state index contributed by atoms with van der Waals surface area (Å²) in [6.45, 7) is 5.15. The van der Waals surface area contributed by atoms with Crippen LogP contribution in [0.4, 0.5) is 0 Å². The molecule has 2 heteroatoms. The smallest absolute Gasteiger partial charge is 0.0462 e. The molecular formula is C10H21NO. The van der Waals surface area contributed by atoms with Gasteiger partial charge >= 0.3 is 0 Å². The third kappa shape index (κ3) is 9.66. The summed E-state index contributed by atoms with van der Waals surface area (Å²) in [6.07, 6.45) is 7.78. The van der Waals surface area contributed by atoms with Gasteiger partial charge in [0.2, 0.25) is 0 Å². The molecule has 0 aromatic carbocycles. The Morgan fingerprint density at radius 1 is 1.25 bits per heavy atom. The first-order valence-electron chi connectivity index (χ1n) is 4.72. The molecular weight excluding hydrogens is 150 g/mol. The van der Waals surface area contributed by atoms with Gasteiger partial charge in [0.25, 0.3) is 0 Å². The number of rotatable bonds is 8. The van der Waals surface area contributed by atoms with Crippen LogP contribution in [0.2, 0.25) is 0 Å². The molecule has 1 N–H and O–H groups in total. The van der Waals surface area contributed by atoms with Crippen molar-refractivity contribution in [3.05, 3.63) is 12.2 Å². The van der Waals surface area contributed by atoms with Crippen molar-refractivity contribution in [2.75, 3.05) is 26.8 Å². The number of hydrogen-bond acceptors (Lipinski definition) is 2. The van der Waals surface area contributed by atoms with E-state index in [0.29, 0.717) is 0 Å². The molecule has 0 aliphatic carbocycles. The standard InChI is InChI=1S/C10H21NO/c1-3-4-5-8-11-9-6-7-10-12-2/h3-4,11H,5-10H2,1-2H3/b4-3+. The first-order valence-corrected chi connectivity index (χ1v) is 4.72. The number of nitrogens with one attached hydrogen (secondary N) is 1. The molecule has 0 aromatic heterocycles. The average Bonchev–Trinajstić information content (AvgIpc) is 2.10. The fourth-order valence-electron chi connectivity index (χ4n) is 0.973. The number of methoxy groups -OCH3 is 1. The minimum atomic E-state index is 0.885. The largest absolute Gasteiger partial charge is 0.385 e. The summed E-state index contributed by atoms with van der Waals surface area (Å²) in [7, 11) is 1.75. The fourth-order valence-corrected chi connectivity index (χ4v) is 0.973. The molecule has 0 saturated carbocycles. The molecule has 0 aliphatic heterocycles. The van der Waals surface area contributed by atoms with Crippen LogP contribution in [0.1, 0.15) is 26.2 Å². The van der Waals surface area contributed by atoms with E-state index in [2.05, 4.69) is 24.4 Å². The van der Waals surface area contributed by atoms with Crippen molar-refractivity contribution in [2.24, 2.45) is 0 Å². The molecule has 0 saturated heterocycles. The van der Waals surface area contributed by atoms with Crippen molar-refractivity contribution in [3.63, 3.8) is 0 Å². The topological polar surface area (TPSA) is 21.3 Å². The highest BCUT2D eigenvalue weighted by Gasteiger charge is 1.86. The van der Waals surface area contributed by atoms with Crippen molar-refractivity contribution < 1.29 is 4.74 Å². The summed E-state index contributed by atoms with van der Waals surface area (Å²) in [5, 5.41) is 3.37. The van der Waals surface area contributed by atoms with Crippen molar-refractivity contribution in [3.8, 4) is 0 Å². The van der Waals surface area contributed by atoms with Crippen LogP contribution < -0.4 is 5.32 Å². The van der Waals surface area contributed by atoms with Gasteiger partial charge in [-0.05, 0) is 39.3 Å². The second-order valence-electron chi connectivity index (χ2n) is 2.81. The molecule has 0 amide bonds. The molecule has 2 nitrogen and oxygen atoms in total. The van der Waals surface area contributed by atoms with Gasteiger partial charge in [-0.2, -0.15) is 0 Å². The van der Waals surface area contributed by atoms with Gasteiger partial charge in [0, 0.05) is 13.7 Å². The molecule has 0 aliphatic rings. The minimum Gasteiger partial charge on any atom is -0.385 e. The van der Waals surface area contributed by atoms with E-state index in [-0.39, 0.29) is 0 Å². The van der Waals surface area contributed by atoms with Gasteiger partial charge in [-0.1, -0.05) is 12.2 Å².